The number of nitrogens with two attached hydrogens (primary N) is 1. The number of carbonyl (C=O) groups excluding carboxylic acids is 1. The van der Waals surface area contributed by atoms with Crippen LogP contribution in [0.2, 0.25) is 10.0 Å². The van der Waals surface area contributed by atoms with Gasteiger partial charge in [0, 0.05) is 25.2 Å². The Kier molecular flexibility index (Phi) is 4.91. The summed E-state index contributed by atoms with van der Waals surface area (Å²) in [6, 6.07) is 4.99. The van der Waals surface area contributed by atoms with Gasteiger partial charge >= 0.3 is 0 Å². The van der Waals surface area contributed by atoms with Gasteiger partial charge in [0.1, 0.15) is 5.75 Å². The number of ether oxygens (including phenoxy) is 1. The van der Waals surface area contributed by atoms with Gasteiger partial charge in [0.2, 0.25) is 0 Å². The van der Waals surface area contributed by atoms with Crippen LogP contribution in [0.5, 0.6) is 5.75 Å². The monoisotopic (exact) mass is 302 g/mol. The minimum atomic E-state index is -0.0544. The molecule has 1 fully saturated rings. The molecule has 2 rings (SSSR count). The van der Waals surface area contributed by atoms with Crippen molar-refractivity contribution in [3.05, 3.63) is 28.2 Å². The summed E-state index contributed by atoms with van der Waals surface area (Å²) in [6.45, 7) is 1.34. The highest BCUT2D eigenvalue weighted by Crippen LogP contribution is 2.26. The maximum absolute atomic E-state index is 12.0. The molecule has 1 heterocycles. The molecule has 1 saturated heterocycles. The molecule has 1 unspecified atom stereocenters. The van der Waals surface area contributed by atoms with Gasteiger partial charge in [-0.2, -0.15) is 0 Å². The Bertz CT molecular complexity index is 468. The van der Waals surface area contributed by atoms with E-state index in [1.807, 2.05) is 0 Å². The highest BCUT2D eigenvalue weighted by Gasteiger charge is 2.21. The summed E-state index contributed by atoms with van der Waals surface area (Å²) in [5.74, 6) is 0.477. The van der Waals surface area contributed by atoms with E-state index in [9.17, 15) is 4.79 Å². The fourth-order valence-electron chi connectivity index (χ4n) is 2.04. The van der Waals surface area contributed by atoms with Gasteiger partial charge in [-0.25, -0.2) is 0 Å². The first-order valence-corrected chi connectivity index (χ1v) is 6.93. The molecule has 104 valence electrons. The lowest BCUT2D eigenvalue weighted by molar-refractivity contribution is -0.134. The van der Waals surface area contributed by atoms with Gasteiger partial charge in [-0.3, -0.25) is 4.79 Å². The third kappa shape index (κ3) is 4.00. The van der Waals surface area contributed by atoms with E-state index < -0.39 is 0 Å². The minimum absolute atomic E-state index is 0.00924. The average Bonchev–Trinajstić information content (AvgIpc) is 2.40. The van der Waals surface area contributed by atoms with E-state index in [-0.39, 0.29) is 18.6 Å². The lowest BCUT2D eigenvalue weighted by Gasteiger charge is -2.30. The summed E-state index contributed by atoms with van der Waals surface area (Å²) >= 11 is 11.7. The molecular formula is C13H16Cl2N2O2. The Morgan fingerprint density at radius 3 is 2.89 bits per heavy atom. The average molecular weight is 303 g/mol. The number of benzene rings is 1. The van der Waals surface area contributed by atoms with Crippen LogP contribution in [-0.2, 0) is 4.79 Å². The second kappa shape index (κ2) is 6.46. The van der Waals surface area contributed by atoms with Gasteiger partial charge in [-0.05, 0) is 25.0 Å². The molecule has 1 atom stereocenters. The summed E-state index contributed by atoms with van der Waals surface area (Å²) in [5, 5.41) is 0.869. The van der Waals surface area contributed by atoms with Gasteiger partial charge < -0.3 is 15.4 Å². The number of carbonyl (C=O) groups is 1. The van der Waals surface area contributed by atoms with Crippen LogP contribution in [0, 0.1) is 0 Å². The highest BCUT2D eigenvalue weighted by atomic mass is 35.5. The van der Waals surface area contributed by atoms with Crippen LogP contribution in [0.4, 0.5) is 0 Å². The highest BCUT2D eigenvalue weighted by molar-refractivity contribution is 6.42. The normalized spacial score (nSPS) is 19.3. The molecule has 0 spiro atoms. The van der Waals surface area contributed by atoms with Gasteiger partial charge in [0.15, 0.2) is 6.61 Å². The van der Waals surface area contributed by atoms with Crippen LogP contribution < -0.4 is 10.5 Å². The van der Waals surface area contributed by atoms with Gasteiger partial charge in [0.25, 0.3) is 5.91 Å². The maximum atomic E-state index is 12.0. The van der Waals surface area contributed by atoms with Crippen molar-refractivity contribution in [2.45, 2.75) is 18.9 Å². The predicted molar refractivity (Wildman–Crippen MR) is 75.7 cm³/mol. The minimum Gasteiger partial charge on any atom is -0.484 e. The van der Waals surface area contributed by atoms with Crippen LogP contribution in [0.25, 0.3) is 0 Å². The molecule has 0 saturated carbocycles. The van der Waals surface area contributed by atoms with Crippen molar-refractivity contribution < 1.29 is 9.53 Å². The van der Waals surface area contributed by atoms with Crippen LogP contribution in [0.1, 0.15) is 12.8 Å². The Labute approximate surface area is 122 Å². The van der Waals surface area contributed by atoms with E-state index in [2.05, 4.69) is 0 Å². The molecule has 6 heteroatoms. The van der Waals surface area contributed by atoms with E-state index in [1.165, 1.54) is 0 Å². The Hall–Kier alpha value is -0.970. The van der Waals surface area contributed by atoms with Crippen molar-refractivity contribution >= 4 is 29.1 Å². The summed E-state index contributed by atoms with van der Waals surface area (Å²) in [7, 11) is 0. The van der Waals surface area contributed by atoms with Crippen molar-refractivity contribution in [1.29, 1.82) is 0 Å². The first-order valence-electron chi connectivity index (χ1n) is 6.17. The summed E-state index contributed by atoms with van der Waals surface area (Å²) in [5.41, 5.74) is 5.84. The second-order valence-corrected chi connectivity index (χ2v) is 5.42. The SMILES string of the molecule is NC1CCCN(C(=O)COc2ccc(Cl)c(Cl)c2)C1. The Morgan fingerprint density at radius 2 is 2.21 bits per heavy atom. The van der Waals surface area contributed by atoms with Crippen LogP contribution in [0.15, 0.2) is 18.2 Å². The Morgan fingerprint density at radius 1 is 1.42 bits per heavy atom. The first-order chi connectivity index (χ1) is 9.06. The standard InChI is InChI=1S/C13H16Cl2N2O2/c14-11-4-3-10(6-12(11)15)19-8-13(18)17-5-1-2-9(16)7-17/h3-4,6,9H,1-2,5,7-8,16H2. The second-order valence-electron chi connectivity index (χ2n) is 4.61. The van der Waals surface area contributed by atoms with Crippen molar-refractivity contribution in [1.82, 2.24) is 4.90 Å². The molecule has 19 heavy (non-hydrogen) atoms. The number of hydrogen-bond acceptors (Lipinski definition) is 3. The first kappa shape index (κ1) is 14.4. The fourth-order valence-corrected chi connectivity index (χ4v) is 2.33. The smallest absolute Gasteiger partial charge is 0.260 e. The number of halogens is 2. The molecule has 1 aromatic carbocycles. The van der Waals surface area contributed by atoms with Gasteiger partial charge in [-0.1, -0.05) is 23.2 Å². The van der Waals surface area contributed by atoms with Crippen molar-refractivity contribution in [3.8, 4) is 5.75 Å². The third-order valence-electron chi connectivity index (χ3n) is 3.06. The topological polar surface area (TPSA) is 55.6 Å². The molecular weight excluding hydrogens is 287 g/mol. The van der Waals surface area contributed by atoms with E-state index in [4.69, 9.17) is 33.7 Å². The molecule has 1 aliphatic heterocycles. The Balaban J connectivity index is 1.87. The summed E-state index contributed by atoms with van der Waals surface area (Å²) in [4.78, 5) is 13.7. The molecule has 2 N–H and O–H groups in total. The van der Waals surface area contributed by atoms with E-state index in [1.54, 1.807) is 23.1 Å². The number of piperidine rings is 1. The fraction of sp³-hybridized carbons (Fsp3) is 0.462. The van der Waals surface area contributed by atoms with Gasteiger partial charge in [0.05, 0.1) is 10.0 Å². The zero-order chi connectivity index (χ0) is 13.8. The third-order valence-corrected chi connectivity index (χ3v) is 3.80. The van der Waals surface area contributed by atoms with Crippen molar-refractivity contribution in [3.63, 3.8) is 0 Å². The van der Waals surface area contributed by atoms with E-state index in [0.29, 0.717) is 22.3 Å². The van der Waals surface area contributed by atoms with Gasteiger partial charge in [-0.15, -0.1) is 0 Å². The zero-order valence-electron chi connectivity index (χ0n) is 10.4. The van der Waals surface area contributed by atoms with Crippen molar-refractivity contribution in [2.75, 3.05) is 19.7 Å². The zero-order valence-corrected chi connectivity index (χ0v) is 12.0. The molecule has 0 radical (unpaired) electrons. The summed E-state index contributed by atoms with van der Waals surface area (Å²) in [6.07, 6.45) is 1.91. The number of amides is 1. The lowest BCUT2D eigenvalue weighted by Crippen LogP contribution is -2.47. The number of likely N-dealkylation sites (tertiary alicyclic amines) is 1. The van der Waals surface area contributed by atoms with E-state index >= 15 is 0 Å². The molecule has 1 amide bonds. The maximum Gasteiger partial charge on any atom is 0.260 e. The van der Waals surface area contributed by atoms with Crippen LogP contribution >= 0.6 is 23.2 Å². The predicted octanol–water partition coefficient (Wildman–Crippen LogP) is 2.32. The molecule has 0 bridgehead atoms. The molecule has 4 nitrogen and oxygen atoms in total. The van der Waals surface area contributed by atoms with E-state index in [0.717, 1.165) is 19.4 Å². The quantitative estimate of drug-likeness (QED) is 0.932. The molecule has 1 aromatic rings. The molecule has 0 aromatic heterocycles. The molecule has 0 aliphatic carbocycles. The largest absolute Gasteiger partial charge is 0.484 e. The number of nitrogens with zero attached hydrogens (tertiary/aromatic N) is 1. The van der Waals surface area contributed by atoms with Crippen LogP contribution in [-0.4, -0.2) is 36.5 Å². The lowest BCUT2D eigenvalue weighted by atomic mass is 10.1. The van der Waals surface area contributed by atoms with Crippen LogP contribution in [0.3, 0.4) is 0 Å². The summed E-state index contributed by atoms with van der Waals surface area (Å²) < 4.78 is 5.42. The number of rotatable bonds is 3. The van der Waals surface area contributed by atoms with Crippen molar-refractivity contribution in [2.24, 2.45) is 5.73 Å². The number of hydrogen-bond donors (Lipinski definition) is 1. The molecule has 1 aliphatic rings.